The second kappa shape index (κ2) is 5.93. The second-order valence-corrected chi connectivity index (χ2v) is 6.83. The van der Waals surface area contributed by atoms with Crippen molar-refractivity contribution in [2.75, 3.05) is 13.1 Å². The van der Waals surface area contributed by atoms with E-state index >= 15 is 0 Å². The maximum atomic E-state index is 12.3. The minimum Gasteiger partial charge on any atom is -0.338 e. The van der Waals surface area contributed by atoms with Crippen LogP contribution in [0.15, 0.2) is 29.2 Å². The first kappa shape index (κ1) is 15.0. The Morgan fingerprint density at radius 1 is 1.35 bits per heavy atom. The SMILES string of the molecule is CCCC1CCN(C(=O)c2ccc(S(N)(=O)=O)cc2)C1. The average Bonchev–Trinajstić information content (AvgIpc) is 2.86. The molecule has 0 radical (unpaired) electrons. The van der Waals surface area contributed by atoms with Gasteiger partial charge in [-0.05, 0) is 43.0 Å². The Morgan fingerprint density at radius 2 is 2.00 bits per heavy atom. The summed E-state index contributed by atoms with van der Waals surface area (Å²) in [6, 6.07) is 5.80. The van der Waals surface area contributed by atoms with Crippen molar-refractivity contribution in [3.8, 4) is 0 Å². The molecule has 0 aromatic heterocycles. The van der Waals surface area contributed by atoms with E-state index in [4.69, 9.17) is 5.14 Å². The number of carbonyl (C=O) groups is 1. The lowest BCUT2D eigenvalue weighted by Crippen LogP contribution is -2.28. The monoisotopic (exact) mass is 296 g/mol. The summed E-state index contributed by atoms with van der Waals surface area (Å²) in [6.07, 6.45) is 3.33. The summed E-state index contributed by atoms with van der Waals surface area (Å²) in [5.41, 5.74) is 0.509. The summed E-state index contributed by atoms with van der Waals surface area (Å²) in [5, 5.41) is 5.03. The Balaban J connectivity index is 2.07. The molecule has 1 aromatic rings. The molecule has 6 heteroatoms. The first-order valence-corrected chi connectivity index (χ1v) is 8.38. The standard InChI is InChI=1S/C14H20N2O3S/c1-2-3-11-8-9-16(10-11)14(17)12-4-6-13(7-5-12)20(15,18)19/h4-7,11H,2-3,8-10H2,1H3,(H2,15,18,19). The van der Waals surface area contributed by atoms with Crippen LogP contribution >= 0.6 is 0 Å². The van der Waals surface area contributed by atoms with E-state index in [-0.39, 0.29) is 10.8 Å². The lowest BCUT2D eigenvalue weighted by atomic mass is 10.0. The molecule has 20 heavy (non-hydrogen) atoms. The molecular weight excluding hydrogens is 276 g/mol. The fourth-order valence-electron chi connectivity index (χ4n) is 2.63. The van der Waals surface area contributed by atoms with Crippen molar-refractivity contribution in [2.45, 2.75) is 31.1 Å². The van der Waals surface area contributed by atoms with Crippen LogP contribution in [-0.2, 0) is 10.0 Å². The number of sulfonamides is 1. The van der Waals surface area contributed by atoms with Gasteiger partial charge in [0.15, 0.2) is 0 Å². The quantitative estimate of drug-likeness (QED) is 0.916. The van der Waals surface area contributed by atoms with Crippen LogP contribution in [0.1, 0.15) is 36.5 Å². The van der Waals surface area contributed by atoms with Gasteiger partial charge >= 0.3 is 0 Å². The largest absolute Gasteiger partial charge is 0.338 e. The Morgan fingerprint density at radius 3 is 2.55 bits per heavy atom. The molecule has 1 atom stereocenters. The summed E-state index contributed by atoms with van der Waals surface area (Å²) < 4.78 is 22.3. The number of benzene rings is 1. The fraction of sp³-hybridized carbons (Fsp3) is 0.500. The van der Waals surface area contributed by atoms with Gasteiger partial charge < -0.3 is 4.90 Å². The van der Waals surface area contributed by atoms with Crippen LogP contribution in [0.25, 0.3) is 0 Å². The highest BCUT2D eigenvalue weighted by Crippen LogP contribution is 2.22. The molecule has 1 aromatic carbocycles. The van der Waals surface area contributed by atoms with Crippen molar-refractivity contribution in [1.29, 1.82) is 0 Å². The molecule has 1 heterocycles. The third kappa shape index (κ3) is 3.37. The van der Waals surface area contributed by atoms with Gasteiger partial charge in [0, 0.05) is 18.7 Å². The smallest absolute Gasteiger partial charge is 0.253 e. The average molecular weight is 296 g/mol. The van der Waals surface area contributed by atoms with Gasteiger partial charge in [-0.2, -0.15) is 0 Å². The van der Waals surface area contributed by atoms with Gasteiger partial charge in [0.05, 0.1) is 4.90 Å². The number of rotatable bonds is 4. The summed E-state index contributed by atoms with van der Waals surface area (Å²) >= 11 is 0. The van der Waals surface area contributed by atoms with Crippen LogP contribution < -0.4 is 5.14 Å². The van der Waals surface area contributed by atoms with E-state index in [1.54, 1.807) is 0 Å². The maximum absolute atomic E-state index is 12.3. The molecule has 1 aliphatic rings. The van der Waals surface area contributed by atoms with Crippen molar-refractivity contribution >= 4 is 15.9 Å². The summed E-state index contributed by atoms with van der Waals surface area (Å²) in [5.74, 6) is 0.553. The number of amides is 1. The first-order valence-electron chi connectivity index (χ1n) is 6.84. The fourth-order valence-corrected chi connectivity index (χ4v) is 3.15. The number of hydrogen-bond donors (Lipinski definition) is 1. The number of carbonyl (C=O) groups excluding carboxylic acids is 1. The molecule has 1 aliphatic heterocycles. The maximum Gasteiger partial charge on any atom is 0.253 e. The molecule has 110 valence electrons. The summed E-state index contributed by atoms with van der Waals surface area (Å²) in [4.78, 5) is 14.2. The van der Waals surface area contributed by atoms with E-state index in [0.29, 0.717) is 11.5 Å². The Bertz CT molecular complexity index is 581. The van der Waals surface area contributed by atoms with Gasteiger partial charge in [0.2, 0.25) is 10.0 Å². The van der Waals surface area contributed by atoms with E-state index < -0.39 is 10.0 Å². The van der Waals surface area contributed by atoms with Crippen molar-refractivity contribution in [3.63, 3.8) is 0 Å². The molecular formula is C14H20N2O3S. The van der Waals surface area contributed by atoms with Crippen LogP contribution in [0.4, 0.5) is 0 Å². The van der Waals surface area contributed by atoms with Gasteiger partial charge in [-0.1, -0.05) is 13.3 Å². The molecule has 0 aliphatic carbocycles. The minimum absolute atomic E-state index is 0.0272. The number of nitrogens with zero attached hydrogens (tertiary/aromatic N) is 1. The molecule has 1 fully saturated rings. The van der Waals surface area contributed by atoms with E-state index in [1.807, 2.05) is 4.90 Å². The second-order valence-electron chi connectivity index (χ2n) is 5.26. The van der Waals surface area contributed by atoms with Crippen molar-refractivity contribution in [2.24, 2.45) is 11.1 Å². The number of primary sulfonamides is 1. The third-order valence-electron chi connectivity index (χ3n) is 3.70. The molecule has 0 saturated carbocycles. The topological polar surface area (TPSA) is 80.5 Å². The number of likely N-dealkylation sites (tertiary alicyclic amines) is 1. The normalized spacial score (nSPS) is 19.3. The van der Waals surface area contributed by atoms with Crippen LogP contribution in [0.5, 0.6) is 0 Å². The lowest BCUT2D eigenvalue weighted by Gasteiger charge is -2.16. The van der Waals surface area contributed by atoms with Gasteiger partial charge in [-0.25, -0.2) is 13.6 Å². The van der Waals surface area contributed by atoms with E-state index in [0.717, 1.165) is 32.4 Å². The van der Waals surface area contributed by atoms with Crippen LogP contribution in [0, 0.1) is 5.92 Å². The molecule has 0 bridgehead atoms. The van der Waals surface area contributed by atoms with Gasteiger partial charge in [0.1, 0.15) is 0 Å². The third-order valence-corrected chi connectivity index (χ3v) is 4.63. The molecule has 0 spiro atoms. The summed E-state index contributed by atoms with van der Waals surface area (Å²) in [6.45, 7) is 3.72. The van der Waals surface area contributed by atoms with E-state index in [9.17, 15) is 13.2 Å². The zero-order valence-electron chi connectivity index (χ0n) is 11.6. The minimum atomic E-state index is -3.71. The van der Waals surface area contributed by atoms with Crippen LogP contribution in [0.3, 0.4) is 0 Å². The van der Waals surface area contributed by atoms with E-state index in [2.05, 4.69) is 6.92 Å². The Kier molecular flexibility index (Phi) is 4.45. The zero-order chi connectivity index (χ0) is 14.8. The highest BCUT2D eigenvalue weighted by molar-refractivity contribution is 7.89. The van der Waals surface area contributed by atoms with Crippen molar-refractivity contribution in [3.05, 3.63) is 29.8 Å². The highest BCUT2D eigenvalue weighted by Gasteiger charge is 2.26. The summed E-state index contributed by atoms with van der Waals surface area (Å²) in [7, 11) is -3.71. The Hall–Kier alpha value is -1.40. The van der Waals surface area contributed by atoms with Gasteiger partial charge in [-0.15, -0.1) is 0 Å². The van der Waals surface area contributed by atoms with E-state index in [1.165, 1.54) is 24.3 Å². The first-order chi connectivity index (χ1) is 9.41. The van der Waals surface area contributed by atoms with Gasteiger partial charge in [-0.3, -0.25) is 4.79 Å². The molecule has 5 nitrogen and oxygen atoms in total. The Labute approximate surface area is 119 Å². The predicted octanol–water partition coefficient (Wildman–Crippen LogP) is 1.60. The van der Waals surface area contributed by atoms with Crippen molar-refractivity contribution < 1.29 is 13.2 Å². The molecule has 1 unspecified atom stereocenters. The van der Waals surface area contributed by atoms with Crippen LogP contribution in [-0.4, -0.2) is 32.3 Å². The zero-order valence-corrected chi connectivity index (χ0v) is 12.4. The predicted molar refractivity (Wildman–Crippen MR) is 76.7 cm³/mol. The molecule has 1 amide bonds. The lowest BCUT2D eigenvalue weighted by molar-refractivity contribution is 0.0786. The number of hydrogen-bond acceptors (Lipinski definition) is 3. The van der Waals surface area contributed by atoms with Crippen molar-refractivity contribution in [1.82, 2.24) is 4.90 Å². The van der Waals surface area contributed by atoms with Gasteiger partial charge in [0.25, 0.3) is 5.91 Å². The molecule has 2 rings (SSSR count). The van der Waals surface area contributed by atoms with Crippen LogP contribution in [0.2, 0.25) is 0 Å². The molecule has 1 saturated heterocycles. The number of nitrogens with two attached hydrogens (primary N) is 1. The highest BCUT2D eigenvalue weighted by atomic mass is 32.2. The molecule has 2 N–H and O–H groups in total.